The van der Waals surface area contributed by atoms with Crippen molar-refractivity contribution in [3.05, 3.63) is 0 Å². The number of ether oxygens (including phenoxy) is 1. The van der Waals surface area contributed by atoms with Crippen molar-refractivity contribution in [2.45, 2.75) is 58.7 Å². The van der Waals surface area contributed by atoms with Crippen LogP contribution in [0.25, 0.3) is 0 Å². The van der Waals surface area contributed by atoms with Crippen molar-refractivity contribution < 1.29 is 4.74 Å². The fourth-order valence-electron chi connectivity index (χ4n) is 2.88. The fourth-order valence-corrected chi connectivity index (χ4v) is 2.88. The highest BCUT2D eigenvalue weighted by Crippen LogP contribution is 2.30. The number of hydrogen-bond acceptors (Lipinski definition) is 3. The summed E-state index contributed by atoms with van der Waals surface area (Å²) in [4.78, 5) is 2.59. The summed E-state index contributed by atoms with van der Waals surface area (Å²) in [5.41, 5.74) is 0. The molecule has 2 unspecified atom stereocenters. The van der Waals surface area contributed by atoms with Gasteiger partial charge in [0.05, 0.1) is 12.2 Å². The Labute approximate surface area is 119 Å². The van der Waals surface area contributed by atoms with Crippen LogP contribution < -0.4 is 5.32 Å². The summed E-state index contributed by atoms with van der Waals surface area (Å²) in [6.07, 6.45) is 6.30. The predicted molar refractivity (Wildman–Crippen MR) is 80.4 cm³/mol. The minimum absolute atomic E-state index is 0.448. The van der Waals surface area contributed by atoms with E-state index in [1.54, 1.807) is 0 Å². The maximum absolute atomic E-state index is 6.17. The van der Waals surface area contributed by atoms with E-state index in [1.807, 2.05) is 0 Å². The molecule has 2 aliphatic rings. The van der Waals surface area contributed by atoms with Crippen LogP contribution in [0.15, 0.2) is 0 Å². The quantitative estimate of drug-likeness (QED) is 0.695. The lowest BCUT2D eigenvalue weighted by Crippen LogP contribution is -2.35. The molecule has 0 aromatic rings. The van der Waals surface area contributed by atoms with E-state index in [9.17, 15) is 0 Å². The van der Waals surface area contributed by atoms with Gasteiger partial charge < -0.3 is 15.0 Å². The molecule has 1 saturated heterocycles. The Bertz CT molecular complexity index is 253. The van der Waals surface area contributed by atoms with Crippen molar-refractivity contribution in [2.75, 3.05) is 32.7 Å². The first kappa shape index (κ1) is 15.3. The number of rotatable bonds is 9. The molecule has 3 heteroatoms. The lowest BCUT2D eigenvalue weighted by molar-refractivity contribution is 0.0233. The second-order valence-electron chi connectivity index (χ2n) is 6.81. The van der Waals surface area contributed by atoms with E-state index < -0.39 is 0 Å². The van der Waals surface area contributed by atoms with E-state index in [2.05, 4.69) is 31.0 Å². The molecular formula is C16H32N2O. The summed E-state index contributed by atoms with van der Waals surface area (Å²) in [6, 6.07) is 0. The summed E-state index contributed by atoms with van der Waals surface area (Å²) in [7, 11) is 0. The van der Waals surface area contributed by atoms with Crippen LogP contribution in [0.3, 0.4) is 0 Å². The molecule has 0 radical (unpaired) electrons. The van der Waals surface area contributed by atoms with Gasteiger partial charge in [0.2, 0.25) is 0 Å². The molecule has 0 amide bonds. The normalized spacial score (nSPS) is 27.6. The van der Waals surface area contributed by atoms with Crippen LogP contribution in [0.5, 0.6) is 0 Å². The SMILES string of the molecule is CCN(CC1CC1)CC1CCC(CNCC(C)C)O1. The van der Waals surface area contributed by atoms with E-state index in [-0.39, 0.29) is 0 Å². The van der Waals surface area contributed by atoms with Crippen LogP contribution in [0, 0.1) is 11.8 Å². The average molecular weight is 268 g/mol. The summed E-state index contributed by atoms with van der Waals surface area (Å²) in [5.74, 6) is 1.72. The first-order chi connectivity index (χ1) is 9.17. The van der Waals surface area contributed by atoms with Gasteiger partial charge >= 0.3 is 0 Å². The Balaban J connectivity index is 1.60. The molecule has 0 spiro atoms. The third-order valence-electron chi connectivity index (χ3n) is 4.24. The minimum atomic E-state index is 0.448. The second kappa shape index (κ2) is 7.61. The minimum Gasteiger partial charge on any atom is -0.372 e. The Hall–Kier alpha value is -0.120. The number of nitrogens with zero attached hydrogens (tertiary/aromatic N) is 1. The van der Waals surface area contributed by atoms with Crippen LogP contribution in [-0.4, -0.2) is 49.8 Å². The van der Waals surface area contributed by atoms with Crippen LogP contribution in [-0.2, 0) is 4.74 Å². The molecule has 19 heavy (non-hydrogen) atoms. The molecule has 1 saturated carbocycles. The van der Waals surface area contributed by atoms with E-state index in [4.69, 9.17) is 4.74 Å². The van der Waals surface area contributed by atoms with Crippen LogP contribution in [0.1, 0.15) is 46.5 Å². The van der Waals surface area contributed by atoms with Gasteiger partial charge in [0.1, 0.15) is 0 Å². The van der Waals surface area contributed by atoms with Crippen molar-refractivity contribution in [2.24, 2.45) is 11.8 Å². The number of likely N-dealkylation sites (N-methyl/N-ethyl adjacent to an activating group) is 1. The first-order valence-electron chi connectivity index (χ1n) is 8.25. The third kappa shape index (κ3) is 5.80. The largest absolute Gasteiger partial charge is 0.372 e. The van der Waals surface area contributed by atoms with E-state index in [0.29, 0.717) is 12.2 Å². The van der Waals surface area contributed by atoms with Crippen LogP contribution in [0.4, 0.5) is 0 Å². The highest BCUT2D eigenvalue weighted by atomic mass is 16.5. The van der Waals surface area contributed by atoms with Gasteiger partial charge in [-0.3, -0.25) is 0 Å². The average Bonchev–Trinajstić information content (AvgIpc) is 3.07. The van der Waals surface area contributed by atoms with E-state index in [1.165, 1.54) is 38.8 Å². The Morgan fingerprint density at radius 1 is 1.11 bits per heavy atom. The van der Waals surface area contributed by atoms with Crippen molar-refractivity contribution >= 4 is 0 Å². The molecule has 2 rings (SSSR count). The first-order valence-corrected chi connectivity index (χ1v) is 8.25. The zero-order valence-corrected chi connectivity index (χ0v) is 13.0. The standard InChI is InChI=1S/C16H32N2O/c1-4-18(11-14-5-6-14)12-16-8-7-15(19-16)10-17-9-13(2)3/h13-17H,4-12H2,1-3H3. The Morgan fingerprint density at radius 2 is 1.84 bits per heavy atom. The second-order valence-corrected chi connectivity index (χ2v) is 6.81. The molecule has 1 aliphatic heterocycles. The van der Waals surface area contributed by atoms with Gasteiger partial charge in [0, 0.05) is 19.6 Å². The monoisotopic (exact) mass is 268 g/mol. The summed E-state index contributed by atoms with van der Waals surface area (Å²) >= 11 is 0. The third-order valence-corrected chi connectivity index (χ3v) is 4.24. The van der Waals surface area contributed by atoms with Gasteiger partial charge in [-0.1, -0.05) is 20.8 Å². The molecule has 1 heterocycles. The highest BCUT2D eigenvalue weighted by molar-refractivity contribution is 4.81. The lowest BCUT2D eigenvalue weighted by atomic mass is 10.1. The Morgan fingerprint density at radius 3 is 2.47 bits per heavy atom. The van der Waals surface area contributed by atoms with Gasteiger partial charge in [0.15, 0.2) is 0 Å². The van der Waals surface area contributed by atoms with Crippen molar-refractivity contribution in [3.8, 4) is 0 Å². The van der Waals surface area contributed by atoms with Crippen molar-refractivity contribution in [1.82, 2.24) is 10.2 Å². The summed E-state index contributed by atoms with van der Waals surface area (Å²) in [5, 5.41) is 3.52. The molecule has 0 bridgehead atoms. The van der Waals surface area contributed by atoms with Crippen LogP contribution >= 0.6 is 0 Å². The molecule has 3 nitrogen and oxygen atoms in total. The van der Waals surface area contributed by atoms with E-state index in [0.717, 1.165) is 31.5 Å². The molecule has 1 aliphatic carbocycles. The predicted octanol–water partition coefficient (Wildman–Crippen LogP) is 2.51. The fraction of sp³-hybridized carbons (Fsp3) is 1.00. The van der Waals surface area contributed by atoms with Gasteiger partial charge in [-0.15, -0.1) is 0 Å². The van der Waals surface area contributed by atoms with Crippen LogP contribution in [0.2, 0.25) is 0 Å². The molecule has 0 aromatic heterocycles. The van der Waals surface area contributed by atoms with Crippen molar-refractivity contribution in [1.29, 1.82) is 0 Å². The zero-order chi connectivity index (χ0) is 13.7. The Kier molecular flexibility index (Phi) is 6.11. The van der Waals surface area contributed by atoms with E-state index >= 15 is 0 Å². The van der Waals surface area contributed by atoms with Crippen molar-refractivity contribution in [3.63, 3.8) is 0 Å². The molecule has 2 atom stereocenters. The lowest BCUT2D eigenvalue weighted by Gasteiger charge is -2.24. The summed E-state index contributed by atoms with van der Waals surface area (Å²) < 4.78 is 6.17. The highest BCUT2D eigenvalue weighted by Gasteiger charge is 2.29. The smallest absolute Gasteiger partial charge is 0.0707 e. The number of nitrogens with one attached hydrogen (secondary N) is 1. The molecule has 112 valence electrons. The zero-order valence-electron chi connectivity index (χ0n) is 13.0. The summed E-state index contributed by atoms with van der Waals surface area (Å²) in [6.45, 7) is 12.5. The molecular weight excluding hydrogens is 236 g/mol. The topological polar surface area (TPSA) is 24.5 Å². The van der Waals surface area contributed by atoms with Gasteiger partial charge in [0.25, 0.3) is 0 Å². The molecule has 1 N–H and O–H groups in total. The van der Waals surface area contributed by atoms with Gasteiger partial charge in [-0.05, 0) is 50.6 Å². The number of hydrogen-bond donors (Lipinski definition) is 1. The maximum atomic E-state index is 6.17. The van der Waals surface area contributed by atoms with Gasteiger partial charge in [-0.25, -0.2) is 0 Å². The molecule has 2 fully saturated rings. The molecule has 0 aromatic carbocycles. The van der Waals surface area contributed by atoms with Gasteiger partial charge in [-0.2, -0.15) is 0 Å². The maximum Gasteiger partial charge on any atom is 0.0707 e.